The molecule has 0 aromatic carbocycles. The summed E-state index contributed by atoms with van der Waals surface area (Å²) in [4.78, 5) is 7.33. The number of fused-ring (bicyclic) bond motifs is 1. The zero-order valence-electron chi connectivity index (χ0n) is 9.46. The predicted octanol–water partition coefficient (Wildman–Crippen LogP) is 2.38. The maximum atomic E-state index is 6.17. The van der Waals surface area contributed by atoms with E-state index in [0.29, 0.717) is 6.04 Å². The van der Waals surface area contributed by atoms with Gasteiger partial charge in [0.2, 0.25) is 0 Å². The van der Waals surface area contributed by atoms with Crippen LogP contribution in [-0.2, 0) is 0 Å². The molecule has 0 aliphatic carbocycles. The number of hydrogen-bond donors (Lipinski definition) is 3. The van der Waals surface area contributed by atoms with Crippen molar-refractivity contribution >= 4 is 28.3 Å². The van der Waals surface area contributed by atoms with Gasteiger partial charge in [0.05, 0.1) is 10.4 Å². The van der Waals surface area contributed by atoms with Gasteiger partial charge in [0, 0.05) is 30.7 Å². The fraction of sp³-hybridized carbons (Fsp3) is 0.417. The van der Waals surface area contributed by atoms with E-state index in [-0.39, 0.29) is 0 Å². The lowest BCUT2D eigenvalue weighted by molar-refractivity contribution is 0.480. The number of nitrogens with zero attached hydrogens (tertiary/aromatic N) is 1. The van der Waals surface area contributed by atoms with Crippen LogP contribution in [-0.4, -0.2) is 29.1 Å². The fourth-order valence-electron chi connectivity index (χ4n) is 2.33. The first-order valence-electron chi connectivity index (χ1n) is 5.93. The van der Waals surface area contributed by atoms with Gasteiger partial charge < -0.3 is 15.6 Å². The van der Waals surface area contributed by atoms with Gasteiger partial charge in [-0.25, -0.2) is 4.98 Å². The molecule has 1 aliphatic rings. The summed E-state index contributed by atoms with van der Waals surface area (Å²) in [6.45, 7) is 2.13. The SMILES string of the molecule is Clc1c[nH]c2nccc(N[C@@H]3CCCNC3)c12. The molecule has 3 N–H and O–H groups in total. The Morgan fingerprint density at radius 1 is 1.47 bits per heavy atom. The predicted molar refractivity (Wildman–Crippen MR) is 70.6 cm³/mol. The summed E-state index contributed by atoms with van der Waals surface area (Å²) >= 11 is 6.17. The fourth-order valence-corrected chi connectivity index (χ4v) is 2.58. The highest BCUT2D eigenvalue weighted by Crippen LogP contribution is 2.29. The number of hydrogen-bond acceptors (Lipinski definition) is 3. The molecule has 0 unspecified atom stereocenters. The Balaban J connectivity index is 1.91. The number of pyridine rings is 1. The maximum Gasteiger partial charge on any atom is 0.140 e. The Morgan fingerprint density at radius 3 is 3.24 bits per heavy atom. The van der Waals surface area contributed by atoms with Gasteiger partial charge in [0.25, 0.3) is 0 Å². The smallest absolute Gasteiger partial charge is 0.140 e. The van der Waals surface area contributed by atoms with Crippen LogP contribution in [0.3, 0.4) is 0 Å². The van der Waals surface area contributed by atoms with E-state index >= 15 is 0 Å². The molecule has 2 aromatic heterocycles. The molecule has 17 heavy (non-hydrogen) atoms. The zero-order chi connectivity index (χ0) is 11.7. The molecule has 2 aromatic rings. The molecule has 0 bridgehead atoms. The van der Waals surface area contributed by atoms with Crippen LogP contribution in [0.15, 0.2) is 18.5 Å². The Hall–Kier alpha value is -1.26. The third-order valence-corrected chi connectivity index (χ3v) is 3.48. The van der Waals surface area contributed by atoms with Crippen LogP contribution < -0.4 is 10.6 Å². The van der Waals surface area contributed by atoms with Crippen molar-refractivity contribution in [3.8, 4) is 0 Å². The number of anilines is 1. The van der Waals surface area contributed by atoms with Gasteiger partial charge in [0.1, 0.15) is 5.65 Å². The van der Waals surface area contributed by atoms with Crippen LogP contribution in [0.2, 0.25) is 5.02 Å². The van der Waals surface area contributed by atoms with E-state index in [2.05, 4.69) is 20.6 Å². The molecule has 0 spiro atoms. The maximum absolute atomic E-state index is 6.17. The van der Waals surface area contributed by atoms with Crippen molar-refractivity contribution in [3.63, 3.8) is 0 Å². The van der Waals surface area contributed by atoms with Crippen molar-refractivity contribution in [1.29, 1.82) is 0 Å². The summed E-state index contributed by atoms with van der Waals surface area (Å²) in [5.74, 6) is 0. The lowest BCUT2D eigenvalue weighted by atomic mass is 10.1. The molecule has 0 radical (unpaired) electrons. The van der Waals surface area contributed by atoms with E-state index in [1.54, 1.807) is 12.4 Å². The largest absolute Gasteiger partial charge is 0.380 e. The van der Waals surface area contributed by atoms with Crippen LogP contribution in [0, 0.1) is 0 Å². The summed E-state index contributed by atoms with van der Waals surface area (Å²) in [6, 6.07) is 2.46. The summed E-state index contributed by atoms with van der Waals surface area (Å²) in [7, 11) is 0. The molecule has 90 valence electrons. The standard InChI is InChI=1S/C12H15ClN4/c13-9-7-16-12-11(9)10(3-5-15-12)17-8-2-1-4-14-6-8/h3,5,7-8,14H,1-2,4,6H2,(H2,15,16,17)/t8-/m1/s1. The second-order valence-electron chi connectivity index (χ2n) is 4.41. The van der Waals surface area contributed by atoms with Crippen LogP contribution in [0.4, 0.5) is 5.69 Å². The summed E-state index contributed by atoms with van der Waals surface area (Å²) in [6.07, 6.45) is 5.99. The van der Waals surface area contributed by atoms with E-state index in [0.717, 1.165) is 34.8 Å². The topological polar surface area (TPSA) is 52.7 Å². The lowest BCUT2D eigenvalue weighted by Gasteiger charge is -2.25. The van der Waals surface area contributed by atoms with Crippen LogP contribution >= 0.6 is 11.6 Å². The number of rotatable bonds is 2. The number of piperidine rings is 1. The highest BCUT2D eigenvalue weighted by molar-refractivity contribution is 6.36. The molecule has 1 atom stereocenters. The monoisotopic (exact) mass is 250 g/mol. The number of halogens is 1. The molecule has 5 heteroatoms. The second-order valence-corrected chi connectivity index (χ2v) is 4.81. The Bertz CT molecular complexity index is 516. The van der Waals surface area contributed by atoms with Crippen molar-refractivity contribution in [3.05, 3.63) is 23.5 Å². The van der Waals surface area contributed by atoms with Gasteiger partial charge >= 0.3 is 0 Å². The number of nitrogens with one attached hydrogen (secondary N) is 3. The van der Waals surface area contributed by atoms with Gasteiger partial charge in [0.15, 0.2) is 0 Å². The van der Waals surface area contributed by atoms with Gasteiger partial charge in [-0.15, -0.1) is 0 Å². The van der Waals surface area contributed by atoms with Crippen molar-refractivity contribution in [2.75, 3.05) is 18.4 Å². The Kier molecular flexibility index (Phi) is 2.91. The number of aromatic nitrogens is 2. The molecule has 1 saturated heterocycles. The molecule has 1 fully saturated rings. The summed E-state index contributed by atoms with van der Waals surface area (Å²) in [5.41, 5.74) is 1.90. The first kappa shape index (κ1) is 10.9. The molecular formula is C12H15ClN4. The van der Waals surface area contributed by atoms with Crippen LogP contribution in [0.25, 0.3) is 11.0 Å². The van der Waals surface area contributed by atoms with Gasteiger partial charge in [-0.2, -0.15) is 0 Å². The average molecular weight is 251 g/mol. The van der Waals surface area contributed by atoms with Gasteiger partial charge in [-0.05, 0) is 25.5 Å². The highest BCUT2D eigenvalue weighted by atomic mass is 35.5. The Labute approximate surface area is 105 Å². The van der Waals surface area contributed by atoms with E-state index in [4.69, 9.17) is 11.6 Å². The van der Waals surface area contributed by atoms with Crippen molar-refractivity contribution in [2.24, 2.45) is 0 Å². The van der Waals surface area contributed by atoms with Crippen molar-refractivity contribution < 1.29 is 0 Å². The minimum atomic E-state index is 0.473. The molecular weight excluding hydrogens is 236 g/mol. The molecule has 1 aliphatic heterocycles. The molecule has 0 saturated carbocycles. The third kappa shape index (κ3) is 2.10. The number of H-pyrrole nitrogens is 1. The van der Waals surface area contributed by atoms with Crippen molar-refractivity contribution in [2.45, 2.75) is 18.9 Å². The second kappa shape index (κ2) is 4.55. The first-order valence-corrected chi connectivity index (χ1v) is 6.31. The average Bonchev–Trinajstić information content (AvgIpc) is 2.74. The van der Waals surface area contributed by atoms with E-state index < -0.39 is 0 Å². The third-order valence-electron chi connectivity index (χ3n) is 3.18. The van der Waals surface area contributed by atoms with E-state index in [9.17, 15) is 0 Å². The normalized spacial score (nSPS) is 20.6. The quantitative estimate of drug-likeness (QED) is 0.767. The molecule has 3 rings (SSSR count). The summed E-state index contributed by atoms with van der Waals surface area (Å²) in [5, 5.41) is 8.64. The highest BCUT2D eigenvalue weighted by Gasteiger charge is 2.15. The van der Waals surface area contributed by atoms with Crippen LogP contribution in [0.5, 0.6) is 0 Å². The minimum Gasteiger partial charge on any atom is -0.380 e. The lowest BCUT2D eigenvalue weighted by Crippen LogP contribution is -2.38. The van der Waals surface area contributed by atoms with E-state index in [1.165, 1.54) is 12.8 Å². The van der Waals surface area contributed by atoms with Gasteiger partial charge in [-0.1, -0.05) is 11.6 Å². The summed E-state index contributed by atoms with van der Waals surface area (Å²) < 4.78 is 0. The molecule has 3 heterocycles. The zero-order valence-corrected chi connectivity index (χ0v) is 10.2. The van der Waals surface area contributed by atoms with Gasteiger partial charge in [-0.3, -0.25) is 0 Å². The number of aromatic amines is 1. The van der Waals surface area contributed by atoms with E-state index in [1.807, 2.05) is 6.07 Å². The molecule has 0 amide bonds. The van der Waals surface area contributed by atoms with Crippen LogP contribution in [0.1, 0.15) is 12.8 Å². The minimum absolute atomic E-state index is 0.473. The van der Waals surface area contributed by atoms with Crippen molar-refractivity contribution in [1.82, 2.24) is 15.3 Å². The Morgan fingerprint density at radius 2 is 2.41 bits per heavy atom. The molecule has 4 nitrogen and oxygen atoms in total. The first-order chi connectivity index (χ1) is 8.34.